The van der Waals surface area contributed by atoms with Crippen molar-refractivity contribution >= 4 is 34.7 Å². The van der Waals surface area contributed by atoms with E-state index in [1.165, 1.54) is 4.42 Å². The van der Waals surface area contributed by atoms with Crippen LogP contribution < -0.4 is 0 Å². The van der Waals surface area contributed by atoms with Crippen molar-refractivity contribution in [3.8, 4) is 11.8 Å². The fourth-order valence-corrected chi connectivity index (χ4v) is 4.09. The number of carboxylic acid groups (broad SMARTS) is 1. The number of aryl methyl sites for hydroxylation is 1. The zero-order valence-electron chi connectivity index (χ0n) is 18.4. The molecule has 0 radical (unpaired) electrons. The Morgan fingerprint density at radius 2 is 1.85 bits per heavy atom. The van der Waals surface area contributed by atoms with Gasteiger partial charge in [-0.15, -0.1) is 0 Å². The largest absolute Gasteiger partial charge is 0.481 e. The topological polar surface area (TPSA) is 99.2 Å². The molecule has 8 heteroatoms. The molecular weight excluding hydrogens is 452 g/mol. The summed E-state index contributed by atoms with van der Waals surface area (Å²) in [6.07, 6.45) is 0.476. The van der Waals surface area contributed by atoms with Gasteiger partial charge in [-0.25, -0.2) is 4.98 Å². The minimum absolute atomic E-state index is 0.163. The second-order valence-corrected chi connectivity index (χ2v) is 8.27. The molecule has 0 spiro atoms. The predicted octanol–water partition coefficient (Wildman–Crippen LogP) is 4.67. The third-order valence-electron chi connectivity index (χ3n) is 5.51. The minimum Gasteiger partial charge on any atom is -0.481 e. The van der Waals surface area contributed by atoms with Gasteiger partial charge in [-0.1, -0.05) is 36.4 Å². The Morgan fingerprint density at radius 1 is 1.09 bits per heavy atom. The van der Waals surface area contributed by atoms with Crippen molar-refractivity contribution < 1.29 is 14.7 Å². The van der Waals surface area contributed by atoms with Crippen molar-refractivity contribution in [2.75, 3.05) is 6.54 Å². The number of nitriles is 1. The maximum absolute atomic E-state index is 12.9. The Morgan fingerprint density at radius 3 is 2.56 bits per heavy atom. The number of hydrogen-bond donors (Lipinski definition) is 1. The second-order valence-electron chi connectivity index (χ2n) is 7.86. The third kappa shape index (κ3) is 4.77. The number of rotatable bonds is 7. The van der Waals surface area contributed by atoms with Gasteiger partial charge in [0.25, 0.3) is 5.91 Å². The molecule has 0 saturated carbocycles. The smallest absolute Gasteiger partial charge is 0.307 e. The Labute approximate surface area is 201 Å². The number of aliphatic carboxylic acids is 1. The number of aromatic nitrogens is 2. The summed E-state index contributed by atoms with van der Waals surface area (Å²) in [4.78, 5) is 28.5. The molecule has 170 valence electrons. The predicted molar refractivity (Wildman–Crippen MR) is 129 cm³/mol. The maximum atomic E-state index is 12.9. The number of halogens is 1. The van der Waals surface area contributed by atoms with Crippen LogP contribution in [0.5, 0.6) is 0 Å². The number of benzene rings is 3. The molecule has 0 aliphatic heterocycles. The molecule has 0 bridgehead atoms. The van der Waals surface area contributed by atoms with E-state index in [-0.39, 0.29) is 12.3 Å². The van der Waals surface area contributed by atoms with Crippen LogP contribution in [0, 0.1) is 18.3 Å². The molecule has 0 saturated heterocycles. The van der Waals surface area contributed by atoms with E-state index in [2.05, 4.69) is 11.1 Å². The normalized spacial score (nSPS) is 10.7. The summed E-state index contributed by atoms with van der Waals surface area (Å²) in [7, 11) is 0. The van der Waals surface area contributed by atoms with E-state index in [1.807, 2.05) is 41.8 Å². The first-order chi connectivity index (χ1) is 16.4. The van der Waals surface area contributed by atoms with Crippen molar-refractivity contribution in [2.45, 2.75) is 19.8 Å². The van der Waals surface area contributed by atoms with E-state index in [0.717, 1.165) is 11.1 Å². The Balaban J connectivity index is 1.62. The highest BCUT2D eigenvalue weighted by atomic mass is 35.5. The van der Waals surface area contributed by atoms with Crippen molar-refractivity contribution in [3.05, 3.63) is 94.8 Å². The standard InChI is InChI=1S/C26H21ClN4O3/c1-17-29-22-15-20(26(34)30(27)12-11-18-5-3-2-4-6-18)8-10-24(22)31(17)23-9-7-19(14-25(32)33)13-21(23)16-28/h2-10,13,15H,11-12,14H2,1H3,(H,32,33). The van der Waals surface area contributed by atoms with E-state index >= 15 is 0 Å². The number of carbonyl (C=O) groups excluding carboxylic acids is 1. The molecule has 0 aliphatic rings. The lowest BCUT2D eigenvalue weighted by molar-refractivity contribution is -0.136. The highest BCUT2D eigenvalue weighted by Gasteiger charge is 2.18. The number of carboxylic acids is 1. The van der Waals surface area contributed by atoms with Crippen molar-refractivity contribution in [1.29, 1.82) is 5.26 Å². The number of imidazole rings is 1. The first-order valence-corrected chi connectivity index (χ1v) is 11.0. The van der Waals surface area contributed by atoms with Crippen molar-refractivity contribution in [2.24, 2.45) is 0 Å². The lowest BCUT2D eigenvalue weighted by Gasteiger charge is -2.14. The van der Waals surface area contributed by atoms with Crippen LogP contribution in [0.3, 0.4) is 0 Å². The average molecular weight is 473 g/mol. The zero-order chi connectivity index (χ0) is 24.2. The average Bonchev–Trinajstić information content (AvgIpc) is 3.16. The monoisotopic (exact) mass is 472 g/mol. The van der Waals surface area contributed by atoms with Gasteiger partial charge in [-0.2, -0.15) is 5.26 Å². The number of carbonyl (C=O) groups is 2. The van der Waals surface area contributed by atoms with E-state index in [9.17, 15) is 14.9 Å². The Kier molecular flexibility index (Phi) is 6.62. The maximum Gasteiger partial charge on any atom is 0.307 e. The minimum atomic E-state index is -0.963. The fourth-order valence-electron chi connectivity index (χ4n) is 3.90. The summed E-state index contributed by atoms with van der Waals surface area (Å²) in [6, 6.07) is 22.1. The molecule has 0 fully saturated rings. The van der Waals surface area contributed by atoms with Crippen LogP contribution in [-0.4, -0.2) is 37.5 Å². The van der Waals surface area contributed by atoms with Crippen LogP contribution in [0.1, 0.15) is 32.9 Å². The first kappa shape index (κ1) is 23.0. The van der Waals surface area contributed by atoms with Crippen LogP contribution in [0.2, 0.25) is 0 Å². The molecule has 1 aromatic heterocycles. The number of hydrogen-bond acceptors (Lipinski definition) is 4. The van der Waals surface area contributed by atoms with Crippen LogP contribution >= 0.6 is 11.8 Å². The molecule has 34 heavy (non-hydrogen) atoms. The molecule has 4 rings (SSSR count). The van der Waals surface area contributed by atoms with Crippen LogP contribution in [0.15, 0.2) is 66.7 Å². The van der Waals surface area contributed by atoms with Gasteiger partial charge in [0.2, 0.25) is 0 Å². The SMILES string of the molecule is Cc1nc2cc(C(=O)N(Cl)CCc3ccccc3)ccc2n1-c1ccc(CC(=O)O)cc1C#N. The van der Waals surface area contributed by atoms with Crippen LogP contribution in [-0.2, 0) is 17.6 Å². The summed E-state index contributed by atoms with van der Waals surface area (Å²) >= 11 is 6.27. The highest BCUT2D eigenvalue weighted by molar-refractivity contribution is 6.24. The lowest BCUT2D eigenvalue weighted by atomic mass is 10.1. The van der Waals surface area contributed by atoms with Gasteiger partial charge in [0.1, 0.15) is 11.9 Å². The van der Waals surface area contributed by atoms with Crippen LogP contribution in [0.25, 0.3) is 16.7 Å². The van der Waals surface area contributed by atoms with Gasteiger partial charge in [-0.05, 0) is 54.8 Å². The fraction of sp³-hybridized carbons (Fsp3) is 0.154. The first-order valence-electron chi connectivity index (χ1n) is 10.6. The van der Waals surface area contributed by atoms with E-state index in [4.69, 9.17) is 16.9 Å². The molecule has 1 amide bonds. The molecular formula is C26H21ClN4O3. The molecule has 1 heterocycles. The molecule has 0 aliphatic carbocycles. The number of nitrogens with zero attached hydrogens (tertiary/aromatic N) is 4. The van der Waals surface area contributed by atoms with Gasteiger partial charge in [0.15, 0.2) is 0 Å². The van der Waals surface area contributed by atoms with Crippen LogP contribution in [0.4, 0.5) is 0 Å². The molecule has 1 N–H and O–H groups in total. The summed E-state index contributed by atoms with van der Waals surface area (Å²) in [5.74, 6) is -0.647. The lowest BCUT2D eigenvalue weighted by Crippen LogP contribution is -2.23. The molecule has 3 aromatic carbocycles. The van der Waals surface area contributed by atoms with Gasteiger partial charge < -0.3 is 5.11 Å². The van der Waals surface area contributed by atoms with Gasteiger partial charge in [0.05, 0.1) is 28.7 Å². The van der Waals surface area contributed by atoms with E-state index < -0.39 is 5.97 Å². The number of fused-ring (bicyclic) bond motifs is 1. The van der Waals surface area contributed by atoms with Gasteiger partial charge in [0, 0.05) is 23.9 Å². The zero-order valence-corrected chi connectivity index (χ0v) is 19.2. The Bertz CT molecular complexity index is 1420. The third-order valence-corrected chi connectivity index (χ3v) is 5.83. The summed E-state index contributed by atoms with van der Waals surface area (Å²) in [5, 5.41) is 18.7. The molecule has 0 atom stereocenters. The summed E-state index contributed by atoms with van der Waals surface area (Å²) in [6.45, 7) is 2.17. The molecule has 7 nitrogen and oxygen atoms in total. The summed E-state index contributed by atoms with van der Waals surface area (Å²) in [5.41, 5.74) is 4.30. The molecule has 4 aromatic rings. The van der Waals surface area contributed by atoms with Crippen molar-refractivity contribution in [3.63, 3.8) is 0 Å². The number of amides is 1. The van der Waals surface area contributed by atoms with E-state index in [0.29, 0.717) is 46.7 Å². The quantitative estimate of drug-likeness (QED) is 0.394. The van der Waals surface area contributed by atoms with Gasteiger partial charge >= 0.3 is 5.97 Å². The summed E-state index contributed by atoms with van der Waals surface area (Å²) < 4.78 is 2.99. The van der Waals surface area contributed by atoms with E-state index in [1.54, 1.807) is 36.4 Å². The molecule has 0 unspecified atom stereocenters. The second kappa shape index (κ2) is 9.77. The van der Waals surface area contributed by atoms with Gasteiger partial charge in [-0.3, -0.25) is 18.6 Å². The van der Waals surface area contributed by atoms with Crippen molar-refractivity contribution in [1.82, 2.24) is 14.0 Å². The Hall–Kier alpha value is -4.15. The highest BCUT2D eigenvalue weighted by Crippen LogP contribution is 2.26.